The van der Waals surface area contributed by atoms with Crippen molar-refractivity contribution in [1.29, 1.82) is 0 Å². The summed E-state index contributed by atoms with van der Waals surface area (Å²) in [5.41, 5.74) is 1.81. The Morgan fingerprint density at radius 2 is 1.67 bits per heavy atom. The van der Waals surface area contributed by atoms with Gasteiger partial charge in [0.2, 0.25) is 17.4 Å². The summed E-state index contributed by atoms with van der Waals surface area (Å²) in [7, 11) is 6.03. The number of benzene rings is 2. The van der Waals surface area contributed by atoms with Crippen LogP contribution in [0, 0.1) is 0 Å². The molecule has 0 fully saturated rings. The van der Waals surface area contributed by atoms with E-state index in [1.807, 2.05) is 18.2 Å². The SMILES string of the molecule is COc1ccc2[nH]cc(-c3nnc(C(=O)c4cc(OC)c(OC)c(OC)c4)o3)c2c1. The van der Waals surface area contributed by atoms with Crippen molar-refractivity contribution in [3.63, 3.8) is 0 Å². The van der Waals surface area contributed by atoms with Gasteiger partial charge < -0.3 is 28.3 Å². The molecule has 0 bridgehead atoms. The summed E-state index contributed by atoms with van der Waals surface area (Å²) in [5, 5.41) is 8.81. The first-order chi connectivity index (χ1) is 14.6. The normalized spacial score (nSPS) is 10.8. The average molecular weight is 409 g/mol. The van der Waals surface area contributed by atoms with E-state index < -0.39 is 5.78 Å². The minimum atomic E-state index is -0.467. The number of carbonyl (C=O) groups is 1. The third-order valence-corrected chi connectivity index (χ3v) is 4.67. The van der Waals surface area contributed by atoms with E-state index >= 15 is 0 Å². The van der Waals surface area contributed by atoms with Crippen LogP contribution < -0.4 is 18.9 Å². The van der Waals surface area contributed by atoms with Gasteiger partial charge in [-0.3, -0.25) is 4.79 Å². The summed E-state index contributed by atoms with van der Waals surface area (Å²) in [6, 6.07) is 8.64. The molecule has 9 heteroatoms. The van der Waals surface area contributed by atoms with Gasteiger partial charge in [-0.25, -0.2) is 0 Å². The molecule has 0 atom stereocenters. The molecule has 4 rings (SSSR count). The number of nitrogens with zero attached hydrogens (tertiary/aromatic N) is 2. The third-order valence-electron chi connectivity index (χ3n) is 4.67. The summed E-state index contributed by atoms with van der Waals surface area (Å²) in [6.45, 7) is 0. The standard InChI is InChI=1S/C21H19N3O6/c1-26-12-5-6-15-13(9-12)14(10-22-15)20-23-24-21(30-20)18(25)11-7-16(27-2)19(29-4)17(8-11)28-3/h5-10,22H,1-4H3. The number of rotatable bonds is 7. The van der Waals surface area contributed by atoms with Crippen molar-refractivity contribution in [2.24, 2.45) is 0 Å². The molecule has 0 unspecified atom stereocenters. The number of H-pyrrole nitrogens is 1. The van der Waals surface area contributed by atoms with Crippen LogP contribution in [-0.4, -0.2) is 49.4 Å². The van der Waals surface area contributed by atoms with E-state index in [-0.39, 0.29) is 17.3 Å². The summed E-state index contributed by atoms with van der Waals surface area (Å²) < 4.78 is 26.8. The molecule has 2 heterocycles. The van der Waals surface area contributed by atoms with E-state index in [1.165, 1.54) is 33.5 Å². The van der Waals surface area contributed by atoms with Crippen LogP contribution in [0.4, 0.5) is 0 Å². The van der Waals surface area contributed by atoms with Crippen molar-refractivity contribution in [3.05, 3.63) is 48.0 Å². The Kier molecular flexibility index (Phi) is 5.01. The fourth-order valence-corrected chi connectivity index (χ4v) is 3.16. The maximum atomic E-state index is 13.0. The maximum absolute atomic E-state index is 13.0. The topological polar surface area (TPSA) is 109 Å². The summed E-state index contributed by atoms with van der Waals surface area (Å²) in [4.78, 5) is 16.1. The minimum absolute atomic E-state index is 0.156. The monoisotopic (exact) mass is 409 g/mol. The number of aromatic nitrogens is 3. The number of fused-ring (bicyclic) bond motifs is 1. The second kappa shape index (κ2) is 7.78. The Morgan fingerprint density at radius 3 is 2.30 bits per heavy atom. The number of nitrogens with one attached hydrogen (secondary N) is 1. The van der Waals surface area contributed by atoms with Gasteiger partial charge in [0, 0.05) is 22.7 Å². The predicted molar refractivity (Wildman–Crippen MR) is 108 cm³/mol. The molecular formula is C21H19N3O6. The lowest BCUT2D eigenvalue weighted by molar-refractivity contribution is 0.100. The van der Waals surface area contributed by atoms with Crippen LogP contribution in [0.25, 0.3) is 22.4 Å². The quantitative estimate of drug-likeness (QED) is 0.462. The van der Waals surface area contributed by atoms with Gasteiger partial charge in [-0.1, -0.05) is 0 Å². The highest BCUT2D eigenvalue weighted by Crippen LogP contribution is 2.39. The van der Waals surface area contributed by atoms with E-state index in [0.29, 0.717) is 28.6 Å². The molecule has 0 aliphatic carbocycles. The van der Waals surface area contributed by atoms with Gasteiger partial charge in [0.25, 0.3) is 5.89 Å². The molecule has 154 valence electrons. The van der Waals surface area contributed by atoms with Crippen LogP contribution in [0.15, 0.2) is 40.9 Å². The Bertz CT molecular complexity index is 1200. The molecule has 0 radical (unpaired) electrons. The lowest BCUT2D eigenvalue weighted by atomic mass is 10.1. The molecular weight excluding hydrogens is 390 g/mol. The predicted octanol–water partition coefficient (Wildman–Crippen LogP) is 3.48. The van der Waals surface area contributed by atoms with Gasteiger partial charge in [-0.05, 0) is 30.3 Å². The highest BCUT2D eigenvalue weighted by molar-refractivity contribution is 6.07. The Balaban J connectivity index is 1.72. The summed E-state index contributed by atoms with van der Waals surface area (Å²) in [6.07, 6.45) is 1.74. The van der Waals surface area contributed by atoms with Crippen molar-refractivity contribution in [1.82, 2.24) is 15.2 Å². The van der Waals surface area contributed by atoms with E-state index in [1.54, 1.807) is 13.3 Å². The highest BCUT2D eigenvalue weighted by atomic mass is 16.5. The van der Waals surface area contributed by atoms with E-state index in [9.17, 15) is 4.79 Å². The molecule has 4 aromatic rings. The molecule has 0 aliphatic rings. The fraction of sp³-hybridized carbons (Fsp3) is 0.190. The second-order valence-electron chi connectivity index (χ2n) is 6.27. The van der Waals surface area contributed by atoms with Gasteiger partial charge in [-0.15, -0.1) is 10.2 Å². The molecule has 0 saturated heterocycles. The van der Waals surface area contributed by atoms with Crippen molar-refractivity contribution in [3.8, 4) is 34.5 Å². The number of methoxy groups -OCH3 is 4. The van der Waals surface area contributed by atoms with Gasteiger partial charge in [0.05, 0.1) is 34.0 Å². The van der Waals surface area contributed by atoms with Gasteiger partial charge >= 0.3 is 0 Å². The third kappa shape index (κ3) is 3.20. The number of hydrogen-bond acceptors (Lipinski definition) is 8. The Hall–Kier alpha value is -4.01. The summed E-state index contributed by atoms with van der Waals surface area (Å²) >= 11 is 0. The number of carbonyl (C=O) groups excluding carboxylic acids is 1. The van der Waals surface area contributed by atoms with Crippen molar-refractivity contribution < 1.29 is 28.2 Å². The molecule has 0 amide bonds. The van der Waals surface area contributed by atoms with Gasteiger partial charge in [-0.2, -0.15) is 0 Å². The zero-order valence-electron chi connectivity index (χ0n) is 16.8. The van der Waals surface area contributed by atoms with Gasteiger partial charge in [0.15, 0.2) is 11.5 Å². The van der Waals surface area contributed by atoms with Crippen molar-refractivity contribution in [2.45, 2.75) is 0 Å². The Labute approximate surface area is 171 Å². The number of ketones is 1. The van der Waals surface area contributed by atoms with Crippen molar-refractivity contribution >= 4 is 16.7 Å². The smallest absolute Gasteiger partial charge is 0.289 e. The average Bonchev–Trinajstić information content (AvgIpc) is 3.43. The molecule has 9 nitrogen and oxygen atoms in total. The molecule has 2 aromatic carbocycles. The van der Waals surface area contributed by atoms with Crippen LogP contribution in [0.3, 0.4) is 0 Å². The first kappa shape index (κ1) is 19.3. The van der Waals surface area contributed by atoms with E-state index in [0.717, 1.165) is 10.9 Å². The molecule has 0 spiro atoms. The zero-order valence-corrected chi connectivity index (χ0v) is 16.8. The summed E-state index contributed by atoms with van der Waals surface area (Å²) in [5.74, 6) is 1.37. The number of aromatic amines is 1. The second-order valence-corrected chi connectivity index (χ2v) is 6.27. The molecule has 2 aromatic heterocycles. The minimum Gasteiger partial charge on any atom is -0.497 e. The van der Waals surface area contributed by atoms with Crippen LogP contribution in [0.2, 0.25) is 0 Å². The fourth-order valence-electron chi connectivity index (χ4n) is 3.16. The van der Waals surface area contributed by atoms with E-state index in [2.05, 4.69) is 15.2 Å². The van der Waals surface area contributed by atoms with E-state index in [4.69, 9.17) is 23.4 Å². The number of ether oxygens (including phenoxy) is 4. The van der Waals surface area contributed by atoms with Crippen LogP contribution in [-0.2, 0) is 0 Å². The maximum Gasteiger partial charge on any atom is 0.289 e. The molecule has 1 N–H and O–H groups in total. The molecule has 0 saturated carbocycles. The zero-order chi connectivity index (χ0) is 21.3. The van der Waals surface area contributed by atoms with Gasteiger partial charge in [0.1, 0.15) is 5.75 Å². The highest BCUT2D eigenvalue weighted by Gasteiger charge is 2.23. The van der Waals surface area contributed by atoms with Crippen molar-refractivity contribution in [2.75, 3.05) is 28.4 Å². The largest absolute Gasteiger partial charge is 0.497 e. The Morgan fingerprint density at radius 1 is 0.933 bits per heavy atom. The number of hydrogen-bond donors (Lipinski definition) is 1. The first-order valence-corrected chi connectivity index (χ1v) is 8.93. The van der Waals surface area contributed by atoms with Crippen LogP contribution in [0.1, 0.15) is 16.2 Å². The first-order valence-electron chi connectivity index (χ1n) is 8.93. The van der Waals surface area contributed by atoms with Crippen LogP contribution >= 0.6 is 0 Å². The lowest BCUT2D eigenvalue weighted by Gasteiger charge is -2.13. The molecule has 0 aliphatic heterocycles. The molecule has 30 heavy (non-hydrogen) atoms. The lowest BCUT2D eigenvalue weighted by Crippen LogP contribution is -2.04. The van der Waals surface area contributed by atoms with Crippen LogP contribution in [0.5, 0.6) is 23.0 Å².